The zero-order valence-electron chi connectivity index (χ0n) is 11.9. The van der Waals surface area contributed by atoms with E-state index < -0.39 is 14.9 Å². The predicted molar refractivity (Wildman–Crippen MR) is 84.7 cm³/mol. The molecule has 0 amide bonds. The molecule has 0 spiro atoms. The maximum Gasteiger partial charge on any atom is 0.270 e. The second kappa shape index (κ2) is 6.47. The summed E-state index contributed by atoms with van der Waals surface area (Å²) in [6.45, 7) is -0.219. The Labute approximate surface area is 140 Å². The van der Waals surface area contributed by atoms with Crippen LogP contribution >= 0.6 is 11.3 Å². The number of nitro groups is 1. The Balaban J connectivity index is 1.74. The van der Waals surface area contributed by atoms with Crippen molar-refractivity contribution in [2.75, 3.05) is 0 Å². The first-order valence-electron chi connectivity index (χ1n) is 6.56. The van der Waals surface area contributed by atoms with Gasteiger partial charge in [0.15, 0.2) is 0 Å². The highest BCUT2D eigenvalue weighted by molar-refractivity contribution is 7.89. The molecular weight excluding hydrogens is 356 g/mol. The van der Waals surface area contributed by atoms with Gasteiger partial charge in [-0.15, -0.1) is 11.3 Å². The van der Waals surface area contributed by atoms with Crippen LogP contribution in [0, 0.1) is 10.1 Å². The SMILES string of the molecule is O=[N+]([O-])c1cccc(S(=O)(=O)NCc2nc(-c3cccs3)no2)c1. The number of non-ortho nitro benzene ring substituents is 1. The van der Waals surface area contributed by atoms with Crippen molar-refractivity contribution < 1.29 is 17.9 Å². The van der Waals surface area contributed by atoms with Crippen LogP contribution in [0.3, 0.4) is 0 Å². The fourth-order valence-corrected chi connectivity index (χ4v) is 3.50. The zero-order chi connectivity index (χ0) is 17.2. The molecule has 0 saturated carbocycles. The molecule has 0 radical (unpaired) electrons. The highest BCUT2D eigenvalue weighted by Gasteiger charge is 2.19. The van der Waals surface area contributed by atoms with Crippen LogP contribution in [0.25, 0.3) is 10.7 Å². The number of rotatable bonds is 6. The van der Waals surface area contributed by atoms with E-state index in [0.29, 0.717) is 5.82 Å². The van der Waals surface area contributed by atoms with Crippen molar-refractivity contribution in [1.82, 2.24) is 14.9 Å². The van der Waals surface area contributed by atoms with E-state index >= 15 is 0 Å². The van der Waals surface area contributed by atoms with Gasteiger partial charge in [0, 0.05) is 12.1 Å². The van der Waals surface area contributed by atoms with Gasteiger partial charge in [-0.25, -0.2) is 13.1 Å². The fourth-order valence-electron chi connectivity index (χ4n) is 1.84. The minimum atomic E-state index is -3.94. The molecule has 0 atom stereocenters. The molecule has 3 aromatic rings. The van der Waals surface area contributed by atoms with Gasteiger partial charge in [-0.1, -0.05) is 17.3 Å². The lowest BCUT2D eigenvalue weighted by molar-refractivity contribution is -0.385. The second-order valence-corrected chi connectivity index (χ2v) is 7.28. The van der Waals surface area contributed by atoms with E-state index in [0.717, 1.165) is 10.9 Å². The second-order valence-electron chi connectivity index (χ2n) is 4.57. The van der Waals surface area contributed by atoms with Crippen molar-refractivity contribution in [1.29, 1.82) is 0 Å². The van der Waals surface area contributed by atoms with Gasteiger partial charge < -0.3 is 4.52 Å². The molecule has 0 aliphatic carbocycles. The first-order valence-corrected chi connectivity index (χ1v) is 8.92. The molecule has 0 saturated heterocycles. The van der Waals surface area contributed by atoms with Crippen LogP contribution in [0.5, 0.6) is 0 Å². The van der Waals surface area contributed by atoms with Crippen molar-refractivity contribution in [3.05, 3.63) is 57.8 Å². The zero-order valence-corrected chi connectivity index (χ0v) is 13.6. The average Bonchev–Trinajstić information content (AvgIpc) is 3.24. The topological polar surface area (TPSA) is 128 Å². The average molecular weight is 366 g/mol. The van der Waals surface area contributed by atoms with E-state index in [1.165, 1.54) is 29.5 Å². The summed E-state index contributed by atoms with van der Waals surface area (Å²) in [4.78, 5) is 14.7. The van der Waals surface area contributed by atoms with E-state index in [1.807, 2.05) is 17.5 Å². The number of nitrogens with zero attached hydrogens (tertiary/aromatic N) is 3. The number of thiophene rings is 1. The van der Waals surface area contributed by atoms with Crippen molar-refractivity contribution in [3.8, 4) is 10.7 Å². The lowest BCUT2D eigenvalue weighted by Crippen LogP contribution is -2.23. The maximum atomic E-state index is 12.2. The van der Waals surface area contributed by atoms with Crippen LogP contribution in [-0.4, -0.2) is 23.5 Å². The lowest BCUT2D eigenvalue weighted by Gasteiger charge is -2.04. The molecule has 1 N–H and O–H groups in total. The molecule has 9 nitrogen and oxygen atoms in total. The van der Waals surface area contributed by atoms with Gasteiger partial charge in [-0.3, -0.25) is 10.1 Å². The molecule has 2 heterocycles. The largest absolute Gasteiger partial charge is 0.337 e. The van der Waals surface area contributed by atoms with Crippen LogP contribution in [0.4, 0.5) is 5.69 Å². The highest BCUT2D eigenvalue weighted by Crippen LogP contribution is 2.21. The van der Waals surface area contributed by atoms with Gasteiger partial charge in [-0.05, 0) is 17.5 Å². The summed E-state index contributed by atoms with van der Waals surface area (Å²) in [6, 6.07) is 8.40. The number of sulfonamides is 1. The van der Waals surface area contributed by atoms with Crippen LogP contribution in [0.1, 0.15) is 5.89 Å². The number of hydrogen-bond acceptors (Lipinski definition) is 8. The van der Waals surface area contributed by atoms with E-state index in [2.05, 4.69) is 14.9 Å². The maximum absolute atomic E-state index is 12.2. The normalized spacial score (nSPS) is 11.5. The molecule has 3 rings (SSSR count). The third kappa shape index (κ3) is 3.48. The Morgan fingerprint density at radius 3 is 2.83 bits per heavy atom. The van der Waals surface area contributed by atoms with E-state index in [9.17, 15) is 18.5 Å². The summed E-state index contributed by atoms with van der Waals surface area (Å²) >= 11 is 1.43. The van der Waals surface area contributed by atoms with E-state index in [-0.39, 0.29) is 23.0 Å². The molecule has 24 heavy (non-hydrogen) atoms. The summed E-state index contributed by atoms with van der Waals surface area (Å²) in [5.41, 5.74) is -0.310. The number of nitrogens with one attached hydrogen (secondary N) is 1. The Kier molecular flexibility index (Phi) is 4.38. The molecule has 2 aromatic heterocycles. The van der Waals surface area contributed by atoms with Gasteiger partial charge in [0.25, 0.3) is 5.69 Å². The van der Waals surface area contributed by atoms with Crippen molar-refractivity contribution in [3.63, 3.8) is 0 Å². The molecule has 0 unspecified atom stereocenters. The smallest absolute Gasteiger partial charge is 0.270 e. The third-order valence-corrected chi connectivity index (χ3v) is 5.23. The van der Waals surface area contributed by atoms with Crippen LogP contribution in [-0.2, 0) is 16.6 Å². The fraction of sp³-hybridized carbons (Fsp3) is 0.0769. The molecule has 124 valence electrons. The van der Waals surface area contributed by atoms with E-state index in [4.69, 9.17) is 4.52 Å². The quantitative estimate of drug-likeness (QED) is 0.523. The first kappa shape index (κ1) is 16.2. The monoisotopic (exact) mass is 366 g/mol. The van der Waals surface area contributed by atoms with Crippen molar-refractivity contribution in [2.45, 2.75) is 11.4 Å². The minimum Gasteiger partial charge on any atom is -0.337 e. The summed E-state index contributed by atoms with van der Waals surface area (Å²) in [5, 5.41) is 16.4. The highest BCUT2D eigenvalue weighted by atomic mass is 32.2. The number of hydrogen-bond donors (Lipinski definition) is 1. The van der Waals surface area contributed by atoms with Crippen LogP contribution in [0.15, 0.2) is 51.2 Å². The Hall–Kier alpha value is -2.63. The van der Waals surface area contributed by atoms with Gasteiger partial charge in [0.2, 0.25) is 21.7 Å². The number of aromatic nitrogens is 2. The Bertz CT molecular complexity index is 966. The summed E-state index contributed by atoms with van der Waals surface area (Å²) in [6.07, 6.45) is 0. The third-order valence-electron chi connectivity index (χ3n) is 2.96. The minimum absolute atomic E-state index is 0.0902. The van der Waals surface area contributed by atoms with Crippen LogP contribution < -0.4 is 4.72 Å². The molecule has 0 aliphatic rings. The predicted octanol–water partition coefficient (Wildman–Crippen LogP) is 2.18. The van der Waals surface area contributed by atoms with Gasteiger partial charge in [0.1, 0.15) is 0 Å². The lowest BCUT2D eigenvalue weighted by atomic mass is 10.3. The molecule has 11 heteroatoms. The van der Waals surface area contributed by atoms with Gasteiger partial charge in [-0.2, -0.15) is 4.98 Å². The van der Waals surface area contributed by atoms with Gasteiger partial charge in [0.05, 0.1) is 21.2 Å². The van der Waals surface area contributed by atoms with Crippen molar-refractivity contribution in [2.24, 2.45) is 0 Å². The van der Waals surface area contributed by atoms with Gasteiger partial charge >= 0.3 is 0 Å². The van der Waals surface area contributed by atoms with Crippen molar-refractivity contribution >= 4 is 27.0 Å². The first-order chi connectivity index (χ1) is 11.5. The summed E-state index contributed by atoms with van der Waals surface area (Å²) < 4.78 is 31.7. The number of nitro benzene ring substituents is 1. The molecule has 0 bridgehead atoms. The Morgan fingerprint density at radius 1 is 1.29 bits per heavy atom. The molecule has 1 aromatic carbocycles. The number of benzene rings is 1. The van der Waals surface area contributed by atoms with Crippen LogP contribution in [0.2, 0.25) is 0 Å². The standard InChI is InChI=1S/C13H10N4O5S2/c18-17(19)9-3-1-4-10(7-9)24(20,21)14-8-12-15-13(16-22-12)11-5-2-6-23-11/h1-7,14H,8H2. The Morgan fingerprint density at radius 2 is 2.12 bits per heavy atom. The summed E-state index contributed by atoms with van der Waals surface area (Å²) in [5.74, 6) is 0.460. The molecule has 0 fully saturated rings. The van der Waals surface area contributed by atoms with E-state index in [1.54, 1.807) is 0 Å². The molecular formula is C13H10N4O5S2. The molecule has 0 aliphatic heterocycles. The summed E-state index contributed by atoms with van der Waals surface area (Å²) in [7, 11) is -3.94.